The topological polar surface area (TPSA) is 80.0 Å². The largest absolute Gasteiger partial charge is 0.353 e. The van der Waals surface area contributed by atoms with Crippen LogP contribution in [0.5, 0.6) is 0 Å². The van der Waals surface area contributed by atoms with Gasteiger partial charge in [-0.25, -0.2) is 0 Å². The number of carbonyl (C=O) groups is 1. The van der Waals surface area contributed by atoms with Crippen molar-refractivity contribution in [1.82, 2.24) is 20.8 Å². The fraction of sp³-hybridized carbons (Fsp3) is 0.812. The van der Waals surface area contributed by atoms with Crippen molar-refractivity contribution >= 4 is 5.91 Å². The lowest BCUT2D eigenvalue weighted by Crippen LogP contribution is -2.48. The second kappa shape index (κ2) is 7.22. The molecule has 2 heterocycles. The Morgan fingerprint density at radius 1 is 1.45 bits per heavy atom. The molecule has 1 aromatic heterocycles. The van der Waals surface area contributed by atoms with Gasteiger partial charge in [-0.1, -0.05) is 32.9 Å². The fourth-order valence-electron chi connectivity index (χ4n) is 2.57. The van der Waals surface area contributed by atoms with Gasteiger partial charge in [0.1, 0.15) is 0 Å². The molecule has 0 bridgehead atoms. The summed E-state index contributed by atoms with van der Waals surface area (Å²) in [6.45, 7) is 10.3. The first-order valence-electron chi connectivity index (χ1n) is 8.19. The van der Waals surface area contributed by atoms with Gasteiger partial charge in [0.25, 0.3) is 0 Å². The monoisotopic (exact) mass is 308 g/mol. The standard InChI is InChI=1S/C16H28N4O2/c1-11-10-17-9-8-12(11)18-13(21)6-5-7-14-19-15(20-22-14)16(2,3)4/h11-12,17H,5-10H2,1-4H3,(H,18,21). The van der Waals surface area contributed by atoms with Crippen LogP contribution in [0.2, 0.25) is 0 Å². The zero-order chi connectivity index (χ0) is 16.2. The molecular weight excluding hydrogens is 280 g/mol. The van der Waals surface area contributed by atoms with E-state index in [1.165, 1.54) is 0 Å². The summed E-state index contributed by atoms with van der Waals surface area (Å²) in [5, 5.41) is 10.5. The van der Waals surface area contributed by atoms with Crippen LogP contribution in [0.4, 0.5) is 0 Å². The normalized spacial score (nSPS) is 22.5. The van der Waals surface area contributed by atoms with Crippen molar-refractivity contribution in [3.63, 3.8) is 0 Å². The number of aryl methyl sites for hydroxylation is 1. The van der Waals surface area contributed by atoms with Crippen LogP contribution in [-0.2, 0) is 16.6 Å². The molecule has 0 saturated carbocycles. The van der Waals surface area contributed by atoms with Gasteiger partial charge in [-0.15, -0.1) is 0 Å². The highest BCUT2D eigenvalue weighted by Crippen LogP contribution is 2.19. The number of nitrogens with one attached hydrogen (secondary N) is 2. The van der Waals surface area contributed by atoms with E-state index in [4.69, 9.17) is 4.52 Å². The number of nitrogens with zero attached hydrogens (tertiary/aromatic N) is 2. The van der Waals surface area contributed by atoms with Crippen molar-refractivity contribution in [2.75, 3.05) is 13.1 Å². The smallest absolute Gasteiger partial charge is 0.226 e. The maximum atomic E-state index is 12.0. The summed E-state index contributed by atoms with van der Waals surface area (Å²) >= 11 is 0. The number of piperidine rings is 1. The highest BCUT2D eigenvalue weighted by atomic mass is 16.5. The third-order valence-electron chi connectivity index (χ3n) is 4.07. The van der Waals surface area contributed by atoms with Crippen LogP contribution in [0.3, 0.4) is 0 Å². The maximum Gasteiger partial charge on any atom is 0.226 e. The van der Waals surface area contributed by atoms with E-state index in [2.05, 4.69) is 48.5 Å². The number of aromatic nitrogens is 2. The molecule has 1 aromatic rings. The summed E-state index contributed by atoms with van der Waals surface area (Å²) in [4.78, 5) is 16.4. The fourth-order valence-corrected chi connectivity index (χ4v) is 2.57. The van der Waals surface area contributed by atoms with E-state index in [9.17, 15) is 4.79 Å². The summed E-state index contributed by atoms with van der Waals surface area (Å²) in [7, 11) is 0. The molecule has 0 aromatic carbocycles. The SMILES string of the molecule is CC1CNCCC1NC(=O)CCCc1nc(C(C)(C)C)no1. The van der Waals surface area contributed by atoms with Crippen molar-refractivity contribution in [2.24, 2.45) is 5.92 Å². The van der Waals surface area contributed by atoms with Crippen LogP contribution in [0.15, 0.2) is 4.52 Å². The Kier molecular flexibility index (Phi) is 5.56. The lowest BCUT2D eigenvalue weighted by molar-refractivity contribution is -0.122. The quantitative estimate of drug-likeness (QED) is 0.867. The predicted octanol–water partition coefficient (Wildman–Crippen LogP) is 1.80. The molecule has 6 nitrogen and oxygen atoms in total. The number of amides is 1. The van der Waals surface area contributed by atoms with E-state index in [0.717, 1.165) is 31.8 Å². The van der Waals surface area contributed by atoms with E-state index in [1.54, 1.807) is 0 Å². The first-order valence-corrected chi connectivity index (χ1v) is 8.19. The van der Waals surface area contributed by atoms with Crippen LogP contribution >= 0.6 is 0 Å². The minimum atomic E-state index is -0.107. The van der Waals surface area contributed by atoms with Gasteiger partial charge >= 0.3 is 0 Å². The molecule has 2 rings (SSSR count). The van der Waals surface area contributed by atoms with Crippen LogP contribution < -0.4 is 10.6 Å². The number of rotatable bonds is 5. The summed E-state index contributed by atoms with van der Waals surface area (Å²) in [5.41, 5.74) is -0.107. The summed E-state index contributed by atoms with van der Waals surface area (Å²) in [5.74, 6) is 1.95. The lowest BCUT2D eigenvalue weighted by atomic mass is 9.95. The Bertz CT molecular complexity index is 493. The van der Waals surface area contributed by atoms with Crippen LogP contribution in [-0.4, -0.2) is 35.2 Å². The van der Waals surface area contributed by atoms with Gasteiger partial charge in [0.05, 0.1) is 0 Å². The first-order chi connectivity index (χ1) is 10.4. The van der Waals surface area contributed by atoms with Gasteiger partial charge in [0, 0.05) is 24.3 Å². The zero-order valence-corrected chi connectivity index (χ0v) is 14.1. The van der Waals surface area contributed by atoms with Gasteiger partial charge in [0.2, 0.25) is 11.8 Å². The van der Waals surface area contributed by atoms with Crippen molar-refractivity contribution in [3.8, 4) is 0 Å². The summed E-state index contributed by atoms with van der Waals surface area (Å²) in [6.07, 6.45) is 2.89. The van der Waals surface area contributed by atoms with Crippen molar-refractivity contribution in [1.29, 1.82) is 0 Å². The van der Waals surface area contributed by atoms with Gasteiger partial charge in [-0.05, 0) is 31.8 Å². The van der Waals surface area contributed by atoms with E-state index in [0.29, 0.717) is 30.7 Å². The second-order valence-corrected chi connectivity index (χ2v) is 7.26. The maximum absolute atomic E-state index is 12.0. The second-order valence-electron chi connectivity index (χ2n) is 7.26. The molecule has 6 heteroatoms. The highest BCUT2D eigenvalue weighted by molar-refractivity contribution is 5.76. The van der Waals surface area contributed by atoms with E-state index in [-0.39, 0.29) is 11.3 Å². The minimum Gasteiger partial charge on any atom is -0.353 e. The Morgan fingerprint density at radius 2 is 2.23 bits per heavy atom. The van der Waals surface area contributed by atoms with E-state index in [1.807, 2.05) is 0 Å². The van der Waals surface area contributed by atoms with Gasteiger partial charge < -0.3 is 15.2 Å². The molecule has 1 aliphatic rings. The molecule has 1 saturated heterocycles. The highest BCUT2D eigenvalue weighted by Gasteiger charge is 2.23. The molecule has 1 aliphatic heterocycles. The van der Waals surface area contributed by atoms with Crippen molar-refractivity contribution in [3.05, 3.63) is 11.7 Å². The number of carbonyl (C=O) groups excluding carboxylic acids is 1. The van der Waals surface area contributed by atoms with E-state index < -0.39 is 0 Å². The average molecular weight is 308 g/mol. The van der Waals surface area contributed by atoms with Crippen LogP contribution in [0, 0.1) is 5.92 Å². The summed E-state index contributed by atoms with van der Waals surface area (Å²) < 4.78 is 5.24. The molecule has 2 N–H and O–H groups in total. The molecule has 1 amide bonds. The minimum absolute atomic E-state index is 0.107. The molecule has 22 heavy (non-hydrogen) atoms. The Labute approximate surface area is 132 Å². The first kappa shape index (κ1) is 16.9. The lowest BCUT2D eigenvalue weighted by Gasteiger charge is -2.30. The Morgan fingerprint density at radius 3 is 2.86 bits per heavy atom. The average Bonchev–Trinajstić information content (AvgIpc) is 2.90. The van der Waals surface area contributed by atoms with Gasteiger partial charge in [-0.3, -0.25) is 4.79 Å². The zero-order valence-electron chi connectivity index (χ0n) is 14.1. The van der Waals surface area contributed by atoms with E-state index >= 15 is 0 Å². The van der Waals surface area contributed by atoms with Crippen molar-refractivity contribution in [2.45, 2.75) is 64.8 Å². The molecular formula is C16H28N4O2. The molecule has 2 atom stereocenters. The molecule has 0 radical (unpaired) electrons. The molecule has 0 aliphatic carbocycles. The number of hydrogen-bond acceptors (Lipinski definition) is 5. The van der Waals surface area contributed by atoms with Gasteiger partial charge in [0.15, 0.2) is 5.82 Å². The molecule has 124 valence electrons. The molecule has 0 spiro atoms. The number of hydrogen-bond donors (Lipinski definition) is 2. The molecule has 2 unspecified atom stereocenters. The Hall–Kier alpha value is -1.43. The van der Waals surface area contributed by atoms with Gasteiger partial charge in [-0.2, -0.15) is 4.98 Å². The molecule has 1 fully saturated rings. The Balaban J connectivity index is 1.71. The third-order valence-corrected chi connectivity index (χ3v) is 4.07. The van der Waals surface area contributed by atoms with Crippen molar-refractivity contribution < 1.29 is 9.32 Å². The van der Waals surface area contributed by atoms with Crippen LogP contribution in [0.25, 0.3) is 0 Å². The summed E-state index contributed by atoms with van der Waals surface area (Å²) in [6, 6.07) is 0.296. The van der Waals surface area contributed by atoms with Crippen LogP contribution in [0.1, 0.15) is 58.7 Å². The predicted molar refractivity (Wildman–Crippen MR) is 84.5 cm³/mol. The third kappa shape index (κ3) is 4.80.